The number of fused-ring (bicyclic) bond motifs is 1. The average molecular weight is 257 g/mol. The van der Waals surface area contributed by atoms with E-state index < -0.39 is 0 Å². The van der Waals surface area contributed by atoms with Crippen LogP contribution in [0, 0.1) is 0 Å². The van der Waals surface area contributed by atoms with Crippen molar-refractivity contribution in [1.82, 2.24) is 0 Å². The number of Topliss-reactive ketones (excluding diaryl/α,β-unsaturated/α-hetero) is 1. The minimum atomic E-state index is 0.00363. The summed E-state index contributed by atoms with van der Waals surface area (Å²) in [4.78, 5) is 11.6. The zero-order chi connectivity index (χ0) is 10.3. The molecule has 2 nitrogen and oxygen atoms in total. The number of carbonyl (C=O) groups is 1. The number of hydrogen-bond acceptors (Lipinski definition) is 2. The molecule has 0 N–H and O–H groups in total. The van der Waals surface area contributed by atoms with Crippen LogP contribution in [0.15, 0.2) is 10.5 Å². The maximum atomic E-state index is 11.6. The van der Waals surface area contributed by atoms with Gasteiger partial charge in [0.2, 0.25) is 0 Å². The molecule has 14 heavy (non-hydrogen) atoms. The van der Waals surface area contributed by atoms with Gasteiger partial charge in [-0.25, -0.2) is 0 Å². The number of hydrogen-bond donors (Lipinski definition) is 0. The Morgan fingerprint density at radius 2 is 2.29 bits per heavy atom. The van der Waals surface area contributed by atoms with Crippen LogP contribution in [0.4, 0.5) is 0 Å². The van der Waals surface area contributed by atoms with Gasteiger partial charge in [0.25, 0.3) is 0 Å². The molecule has 0 unspecified atom stereocenters. The zero-order valence-corrected chi connectivity index (χ0v) is 9.98. The lowest BCUT2D eigenvalue weighted by Crippen LogP contribution is -2.25. The predicted molar refractivity (Wildman–Crippen MR) is 57.9 cm³/mol. The smallest absolute Gasteiger partial charge is 0.166 e. The van der Waals surface area contributed by atoms with Crippen LogP contribution < -0.4 is 0 Å². The molecule has 0 aliphatic heterocycles. The van der Waals surface area contributed by atoms with E-state index in [4.69, 9.17) is 4.42 Å². The number of alkyl halides is 1. The third-order valence-corrected chi connectivity index (χ3v) is 3.36. The van der Waals surface area contributed by atoms with E-state index in [2.05, 4.69) is 29.8 Å². The van der Waals surface area contributed by atoms with Crippen LogP contribution in [-0.2, 0) is 10.7 Å². The highest BCUT2D eigenvalue weighted by Gasteiger charge is 2.35. The van der Waals surface area contributed by atoms with E-state index in [0.717, 1.165) is 23.5 Å². The number of rotatable bonds is 1. The second-order valence-electron chi connectivity index (χ2n) is 4.40. The quantitative estimate of drug-likeness (QED) is 0.721. The molecule has 0 bridgehead atoms. The van der Waals surface area contributed by atoms with Crippen LogP contribution in [-0.4, -0.2) is 5.78 Å². The summed E-state index contributed by atoms with van der Waals surface area (Å²) in [6.07, 6.45) is 1.52. The third-order valence-electron chi connectivity index (χ3n) is 2.81. The lowest BCUT2D eigenvalue weighted by atomic mass is 9.77. The summed E-state index contributed by atoms with van der Waals surface area (Å²) >= 11 is 3.34. The van der Waals surface area contributed by atoms with Gasteiger partial charge in [0.15, 0.2) is 5.78 Å². The SMILES string of the molecule is CC1(C)CCC(=O)c2cc(CBr)oc21. The predicted octanol–water partition coefficient (Wildman–Crippen LogP) is 3.43. The van der Waals surface area contributed by atoms with Crippen molar-refractivity contribution in [2.75, 3.05) is 0 Å². The van der Waals surface area contributed by atoms with Gasteiger partial charge in [0.1, 0.15) is 11.5 Å². The van der Waals surface area contributed by atoms with Crippen LogP contribution in [0.2, 0.25) is 0 Å². The molecule has 2 rings (SSSR count). The molecule has 0 radical (unpaired) electrons. The Labute approximate surface area is 91.8 Å². The molecule has 0 saturated heterocycles. The highest BCUT2D eigenvalue weighted by molar-refractivity contribution is 9.08. The molecular formula is C11H13BrO2. The van der Waals surface area contributed by atoms with Gasteiger partial charge in [0.05, 0.1) is 10.9 Å². The molecule has 1 aromatic heterocycles. The number of carbonyl (C=O) groups excluding carboxylic acids is 1. The second-order valence-corrected chi connectivity index (χ2v) is 4.96. The van der Waals surface area contributed by atoms with Gasteiger partial charge >= 0.3 is 0 Å². The number of furan rings is 1. The zero-order valence-electron chi connectivity index (χ0n) is 8.39. The van der Waals surface area contributed by atoms with Crippen LogP contribution in [0.3, 0.4) is 0 Å². The monoisotopic (exact) mass is 256 g/mol. The lowest BCUT2D eigenvalue weighted by Gasteiger charge is -2.26. The third kappa shape index (κ3) is 1.44. The van der Waals surface area contributed by atoms with Gasteiger partial charge in [-0.3, -0.25) is 4.79 Å². The fourth-order valence-electron chi connectivity index (χ4n) is 1.89. The molecular weight excluding hydrogens is 244 g/mol. The normalized spacial score (nSPS) is 19.5. The van der Waals surface area contributed by atoms with Crippen molar-refractivity contribution in [1.29, 1.82) is 0 Å². The standard InChI is InChI=1S/C11H13BrO2/c1-11(2)4-3-9(13)8-5-7(6-12)14-10(8)11/h5H,3-4,6H2,1-2H3. The summed E-state index contributed by atoms with van der Waals surface area (Å²) in [7, 11) is 0. The van der Waals surface area contributed by atoms with E-state index >= 15 is 0 Å². The number of halogens is 1. The molecule has 0 saturated carbocycles. The first kappa shape index (κ1) is 9.97. The Kier molecular flexibility index (Phi) is 2.30. The molecule has 0 atom stereocenters. The Morgan fingerprint density at radius 3 is 2.86 bits per heavy atom. The fraction of sp³-hybridized carbons (Fsp3) is 0.545. The van der Waals surface area contributed by atoms with Gasteiger partial charge in [-0.1, -0.05) is 29.8 Å². The van der Waals surface area contributed by atoms with E-state index in [1.165, 1.54) is 0 Å². The van der Waals surface area contributed by atoms with E-state index in [9.17, 15) is 4.79 Å². The van der Waals surface area contributed by atoms with Gasteiger partial charge in [-0.15, -0.1) is 0 Å². The summed E-state index contributed by atoms with van der Waals surface area (Å²) in [5.74, 6) is 1.93. The van der Waals surface area contributed by atoms with Gasteiger partial charge in [0, 0.05) is 11.8 Å². The fourth-order valence-corrected chi connectivity index (χ4v) is 2.17. The Balaban J connectivity index is 2.55. The van der Waals surface area contributed by atoms with Crippen molar-refractivity contribution in [3.63, 3.8) is 0 Å². The molecule has 3 heteroatoms. The highest BCUT2D eigenvalue weighted by Crippen LogP contribution is 2.38. The summed E-state index contributed by atoms with van der Waals surface area (Å²) in [6.45, 7) is 4.25. The topological polar surface area (TPSA) is 30.2 Å². The lowest BCUT2D eigenvalue weighted by molar-refractivity contribution is 0.0949. The first-order chi connectivity index (χ1) is 6.54. The highest BCUT2D eigenvalue weighted by atomic mass is 79.9. The molecule has 1 aliphatic rings. The first-order valence-corrected chi connectivity index (χ1v) is 5.89. The first-order valence-electron chi connectivity index (χ1n) is 4.77. The maximum Gasteiger partial charge on any atom is 0.166 e. The van der Waals surface area contributed by atoms with Crippen LogP contribution in [0.1, 0.15) is 48.6 Å². The van der Waals surface area contributed by atoms with Crippen LogP contribution in [0.5, 0.6) is 0 Å². The minimum absolute atomic E-state index is 0.00363. The Bertz CT molecular complexity index is 377. The van der Waals surface area contributed by atoms with E-state index in [1.54, 1.807) is 0 Å². The molecule has 0 amide bonds. The second kappa shape index (κ2) is 3.23. The van der Waals surface area contributed by atoms with Gasteiger partial charge in [-0.2, -0.15) is 0 Å². The van der Waals surface area contributed by atoms with E-state index in [0.29, 0.717) is 11.8 Å². The average Bonchev–Trinajstić information content (AvgIpc) is 2.57. The molecule has 76 valence electrons. The maximum absolute atomic E-state index is 11.6. The van der Waals surface area contributed by atoms with Gasteiger partial charge in [-0.05, 0) is 12.5 Å². The summed E-state index contributed by atoms with van der Waals surface area (Å²) in [5, 5.41) is 0.670. The Morgan fingerprint density at radius 1 is 1.57 bits per heavy atom. The molecule has 0 fully saturated rings. The van der Waals surface area contributed by atoms with Crippen molar-refractivity contribution in [2.45, 2.75) is 37.4 Å². The largest absolute Gasteiger partial charge is 0.464 e. The van der Waals surface area contributed by atoms with Crippen molar-refractivity contribution in [2.24, 2.45) is 0 Å². The minimum Gasteiger partial charge on any atom is -0.464 e. The van der Waals surface area contributed by atoms with Crippen molar-refractivity contribution < 1.29 is 9.21 Å². The van der Waals surface area contributed by atoms with Crippen LogP contribution >= 0.6 is 15.9 Å². The van der Waals surface area contributed by atoms with E-state index in [1.807, 2.05) is 6.07 Å². The van der Waals surface area contributed by atoms with Gasteiger partial charge < -0.3 is 4.42 Å². The van der Waals surface area contributed by atoms with Crippen molar-refractivity contribution in [3.8, 4) is 0 Å². The van der Waals surface area contributed by atoms with Crippen molar-refractivity contribution >= 4 is 21.7 Å². The molecule has 1 aromatic rings. The molecule has 0 aromatic carbocycles. The Hall–Kier alpha value is -0.570. The molecule has 0 spiro atoms. The van der Waals surface area contributed by atoms with Crippen LogP contribution in [0.25, 0.3) is 0 Å². The molecule has 1 aliphatic carbocycles. The summed E-state index contributed by atoms with van der Waals surface area (Å²) in [5.41, 5.74) is 0.791. The summed E-state index contributed by atoms with van der Waals surface area (Å²) in [6, 6.07) is 1.87. The summed E-state index contributed by atoms with van der Waals surface area (Å²) < 4.78 is 5.67. The van der Waals surface area contributed by atoms with Crippen molar-refractivity contribution in [3.05, 3.63) is 23.2 Å². The molecule has 1 heterocycles. The van der Waals surface area contributed by atoms with E-state index in [-0.39, 0.29) is 11.2 Å². The number of ketones is 1.